The lowest BCUT2D eigenvalue weighted by Crippen LogP contribution is -2.34. The van der Waals surface area contributed by atoms with Crippen molar-refractivity contribution in [1.82, 2.24) is 15.0 Å². The minimum Gasteiger partial charge on any atom is -0.379 e. The molecule has 4 aromatic rings. The molecule has 0 unspecified atom stereocenters. The van der Waals surface area contributed by atoms with Crippen molar-refractivity contribution in [3.05, 3.63) is 93.8 Å². The second-order valence-corrected chi connectivity index (χ2v) is 9.43. The van der Waals surface area contributed by atoms with Gasteiger partial charge in [0.2, 0.25) is 5.95 Å². The molecule has 1 heterocycles. The Morgan fingerprint density at radius 1 is 1.03 bits per heavy atom. The summed E-state index contributed by atoms with van der Waals surface area (Å²) in [4.78, 5) is 29.8. The van der Waals surface area contributed by atoms with Gasteiger partial charge < -0.3 is 4.18 Å². The number of carbonyl (C=O) groups excluding carboxylic acids is 1. The fraction of sp³-hybridized carbons (Fsp3) is 0.160. The molecule has 2 N–H and O–H groups in total. The summed E-state index contributed by atoms with van der Waals surface area (Å²) in [5.41, 5.74) is 7.13. The van der Waals surface area contributed by atoms with E-state index in [0.717, 1.165) is 5.56 Å². The predicted octanol–water partition coefficient (Wildman–Crippen LogP) is 3.56. The number of amides is 1. The number of hydrogen-bond acceptors (Lipinski definition) is 7. The molecule has 10 heteroatoms. The summed E-state index contributed by atoms with van der Waals surface area (Å²) >= 11 is 0. The molecule has 0 radical (unpaired) electrons. The third-order valence-electron chi connectivity index (χ3n) is 5.40. The first-order valence-corrected chi connectivity index (χ1v) is 12.3. The lowest BCUT2D eigenvalue weighted by atomic mass is 10.2. The Hall–Kier alpha value is -4.18. The van der Waals surface area contributed by atoms with E-state index in [4.69, 9.17) is 4.18 Å². The van der Waals surface area contributed by atoms with E-state index >= 15 is 0 Å². The van der Waals surface area contributed by atoms with Crippen molar-refractivity contribution in [1.29, 1.82) is 0 Å². The molecule has 0 spiro atoms. The first kappa shape index (κ1) is 24.0. The van der Waals surface area contributed by atoms with Crippen LogP contribution in [-0.2, 0) is 16.7 Å². The van der Waals surface area contributed by atoms with Crippen molar-refractivity contribution in [3.8, 4) is 5.75 Å². The molecular formula is C25H24N4O5S. The quantitative estimate of drug-likeness (QED) is 0.299. The van der Waals surface area contributed by atoms with Gasteiger partial charge in [0.15, 0.2) is 0 Å². The van der Waals surface area contributed by atoms with Crippen LogP contribution in [0.15, 0.2) is 76.4 Å². The van der Waals surface area contributed by atoms with Gasteiger partial charge >= 0.3 is 10.1 Å². The molecule has 1 aromatic heterocycles. The number of aryl methyl sites for hydroxylation is 2. The van der Waals surface area contributed by atoms with E-state index in [2.05, 4.69) is 15.8 Å². The number of nitrogens with one attached hydrogen (secondary N) is 2. The average Bonchev–Trinajstić information content (AvgIpc) is 2.84. The van der Waals surface area contributed by atoms with Crippen LogP contribution >= 0.6 is 0 Å². The van der Waals surface area contributed by atoms with Crippen molar-refractivity contribution in [2.45, 2.75) is 32.2 Å². The minimum atomic E-state index is -4.03. The normalized spacial score (nSPS) is 11.3. The zero-order chi connectivity index (χ0) is 25.2. The first-order chi connectivity index (χ1) is 16.7. The molecule has 0 saturated heterocycles. The molecule has 0 saturated carbocycles. The van der Waals surface area contributed by atoms with Crippen LogP contribution in [0.25, 0.3) is 10.9 Å². The summed E-state index contributed by atoms with van der Waals surface area (Å²) < 4.78 is 32.0. The maximum absolute atomic E-state index is 12.7. The van der Waals surface area contributed by atoms with Crippen LogP contribution in [0.2, 0.25) is 0 Å². The Morgan fingerprint density at radius 3 is 2.46 bits per heavy atom. The van der Waals surface area contributed by atoms with E-state index in [1.165, 1.54) is 28.8 Å². The van der Waals surface area contributed by atoms with Crippen molar-refractivity contribution in [2.24, 2.45) is 0 Å². The smallest absolute Gasteiger partial charge is 0.339 e. The zero-order valence-electron chi connectivity index (χ0n) is 19.4. The highest BCUT2D eigenvalue weighted by Gasteiger charge is 2.20. The van der Waals surface area contributed by atoms with Crippen molar-refractivity contribution < 1.29 is 17.4 Å². The van der Waals surface area contributed by atoms with E-state index in [9.17, 15) is 18.0 Å². The summed E-state index contributed by atoms with van der Waals surface area (Å²) in [5, 5.41) is 0.484. The molecule has 4 rings (SSSR count). The molecule has 3 aromatic carbocycles. The van der Waals surface area contributed by atoms with Gasteiger partial charge in [0.25, 0.3) is 11.5 Å². The average molecular weight is 493 g/mol. The van der Waals surface area contributed by atoms with E-state index in [1.807, 2.05) is 6.07 Å². The highest BCUT2D eigenvalue weighted by molar-refractivity contribution is 7.87. The number of rotatable bonds is 7. The zero-order valence-corrected chi connectivity index (χ0v) is 20.2. The third-order valence-corrected chi connectivity index (χ3v) is 6.79. The second kappa shape index (κ2) is 9.59. The SMILES string of the molecule is CCn1c(NNC(=O)c2ccc(OS(=O)(=O)c3cc(C)ccc3C)cc2)nc2ccccc2c1=O. The number of anilines is 1. The van der Waals surface area contributed by atoms with Crippen molar-refractivity contribution in [2.75, 3.05) is 5.43 Å². The van der Waals surface area contributed by atoms with Crippen LogP contribution in [0.1, 0.15) is 28.4 Å². The van der Waals surface area contributed by atoms with Gasteiger partial charge in [0.1, 0.15) is 10.6 Å². The number of hydrazine groups is 1. The van der Waals surface area contributed by atoms with E-state index in [0.29, 0.717) is 23.0 Å². The lowest BCUT2D eigenvalue weighted by Gasteiger charge is -2.14. The van der Waals surface area contributed by atoms with Crippen molar-refractivity contribution >= 4 is 32.9 Å². The van der Waals surface area contributed by atoms with Crippen LogP contribution in [0.3, 0.4) is 0 Å². The van der Waals surface area contributed by atoms with Crippen molar-refractivity contribution in [3.63, 3.8) is 0 Å². The summed E-state index contributed by atoms with van der Waals surface area (Å²) in [6.07, 6.45) is 0. The lowest BCUT2D eigenvalue weighted by molar-refractivity contribution is 0.0962. The number of nitrogens with zero attached hydrogens (tertiary/aromatic N) is 2. The Labute approximate surface area is 202 Å². The molecule has 0 aliphatic heterocycles. The largest absolute Gasteiger partial charge is 0.379 e. The number of carbonyl (C=O) groups is 1. The standard InChI is InChI=1S/C25H24N4O5S/c1-4-29-24(31)20-7-5-6-8-21(20)26-25(29)28-27-23(30)18-11-13-19(14-12-18)34-35(32,33)22-15-16(2)9-10-17(22)3/h5-15H,4H2,1-3H3,(H,26,28)(H,27,30). The Balaban J connectivity index is 1.48. The first-order valence-electron chi connectivity index (χ1n) is 10.9. The van der Waals surface area contributed by atoms with Gasteiger partial charge in [-0.1, -0.05) is 24.3 Å². The van der Waals surface area contributed by atoms with Gasteiger partial charge in [-0.3, -0.25) is 25.0 Å². The Kier molecular flexibility index (Phi) is 6.57. The highest BCUT2D eigenvalue weighted by Crippen LogP contribution is 2.23. The third kappa shape index (κ3) is 5.02. The number of para-hydroxylation sites is 1. The summed E-state index contributed by atoms with van der Waals surface area (Å²) in [7, 11) is -4.03. The number of fused-ring (bicyclic) bond motifs is 1. The van der Waals surface area contributed by atoms with Crippen LogP contribution < -0.4 is 20.6 Å². The summed E-state index contributed by atoms with van der Waals surface area (Å²) in [6, 6.07) is 17.7. The maximum atomic E-state index is 12.7. The minimum absolute atomic E-state index is 0.0754. The van der Waals surface area contributed by atoms with Crippen LogP contribution in [0.5, 0.6) is 5.75 Å². The molecule has 0 aliphatic carbocycles. The Morgan fingerprint density at radius 2 is 1.74 bits per heavy atom. The molecule has 0 fully saturated rings. The summed E-state index contributed by atoms with van der Waals surface area (Å²) in [5.74, 6) is -0.227. The molecule has 0 atom stereocenters. The van der Waals surface area contributed by atoms with E-state index in [1.54, 1.807) is 57.2 Å². The van der Waals surface area contributed by atoms with Gasteiger partial charge in [-0.25, -0.2) is 4.98 Å². The predicted molar refractivity (Wildman–Crippen MR) is 133 cm³/mol. The molecule has 0 bridgehead atoms. The van der Waals surface area contributed by atoms with E-state index in [-0.39, 0.29) is 27.7 Å². The maximum Gasteiger partial charge on any atom is 0.339 e. The Bertz CT molecular complexity index is 1580. The monoisotopic (exact) mass is 492 g/mol. The fourth-order valence-corrected chi connectivity index (χ4v) is 4.80. The molecule has 180 valence electrons. The summed E-state index contributed by atoms with van der Waals surface area (Å²) in [6.45, 7) is 5.65. The molecule has 1 amide bonds. The fourth-order valence-electron chi connectivity index (χ4n) is 3.55. The molecular weight excluding hydrogens is 468 g/mol. The highest BCUT2D eigenvalue weighted by atomic mass is 32.2. The number of hydrogen-bond donors (Lipinski definition) is 2. The van der Waals surface area contributed by atoms with Crippen LogP contribution in [0, 0.1) is 13.8 Å². The van der Waals surface area contributed by atoms with Crippen LogP contribution in [-0.4, -0.2) is 23.9 Å². The van der Waals surface area contributed by atoms with Gasteiger partial charge in [0.05, 0.1) is 10.9 Å². The molecule has 0 aliphatic rings. The van der Waals surface area contributed by atoms with E-state index < -0.39 is 16.0 Å². The second-order valence-electron chi connectivity index (χ2n) is 7.91. The molecule has 35 heavy (non-hydrogen) atoms. The van der Waals surface area contributed by atoms with Crippen LogP contribution in [0.4, 0.5) is 5.95 Å². The van der Waals surface area contributed by atoms with Gasteiger partial charge in [0, 0.05) is 12.1 Å². The van der Waals surface area contributed by atoms with Gasteiger partial charge in [-0.2, -0.15) is 8.42 Å². The number of aromatic nitrogens is 2. The van der Waals surface area contributed by atoms with Gasteiger partial charge in [-0.05, 0) is 74.4 Å². The van der Waals surface area contributed by atoms with Gasteiger partial charge in [-0.15, -0.1) is 0 Å². The number of benzene rings is 3. The molecule has 9 nitrogen and oxygen atoms in total. The topological polar surface area (TPSA) is 119 Å².